The highest BCUT2D eigenvalue weighted by molar-refractivity contribution is 5.52. The number of nitrogens with one attached hydrogen (secondary N) is 1. The van der Waals surface area contributed by atoms with Gasteiger partial charge in [-0.3, -0.25) is 0 Å². The molecule has 0 spiro atoms. The largest absolute Gasteiger partial charge is 0.497 e. The average Bonchev–Trinajstić information content (AvgIpc) is 2.89. The molecule has 0 bridgehead atoms. The van der Waals surface area contributed by atoms with Crippen molar-refractivity contribution in [1.29, 1.82) is 0 Å². The number of methoxy groups -OCH3 is 1. The van der Waals surface area contributed by atoms with Gasteiger partial charge in [0.05, 0.1) is 7.11 Å². The molecule has 1 heterocycles. The highest BCUT2D eigenvalue weighted by atomic mass is 16.5. The van der Waals surface area contributed by atoms with Crippen molar-refractivity contribution in [3.8, 4) is 17.2 Å². The molecule has 1 aliphatic heterocycles. The van der Waals surface area contributed by atoms with Gasteiger partial charge in [0.15, 0.2) is 0 Å². The summed E-state index contributed by atoms with van der Waals surface area (Å²) < 4.78 is 17.9. The quantitative estimate of drug-likeness (QED) is 0.328. The Morgan fingerprint density at radius 2 is 1.69 bits per heavy atom. The molecule has 36 heavy (non-hydrogen) atoms. The molecule has 0 unspecified atom stereocenters. The Morgan fingerprint density at radius 1 is 0.972 bits per heavy atom. The highest BCUT2D eigenvalue weighted by Crippen LogP contribution is 2.53. The molecule has 0 saturated carbocycles. The minimum absolute atomic E-state index is 0.0967. The van der Waals surface area contributed by atoms with E-state index in [1.807, 2.05) is 30.3 Å². The smallest absolute Gasteiger partial charge is 0.127 e. The van der Waals surface area contributed by atoms with Crippen molar-refractivity contribution in [2.75, 3.05) is 26.8 Å². The molecule has 3 atom stereocenters. The minimum Gasteiger partial charge on any atom is -0.497 e. The normalized spacial score (nSPS) is 19.1. The lowest BCUT2D eigenvalue weighted by Crippen LogP contribution is -2.43. The third kappa shape index (κ3) is 6.03. The second-order valence-electron chi connectivity index (χ2n) is 10.1. The average molecular weight is 490 g/mol. The molecule has 0 aromatic heterocycles. The Morgan fingerprint density at radius 3 is 2.39 bits per heavy atom. The van der Waals surface area contributed by atoms with E-state index in [0.29, 0.717) is 6.54 Å². The summed E-state index contributed by atoms with van der Waals surface area (Å²) in [5.74, 6) is 2.61. The molecule has 5 nitrogen and oxygen atoms in total. The van der Waals surface area contributed by atoms with Crippen LogP contribution in [0, 0.1) is 0 Å². The summed E-state index contributed by atoms with van der Waals surface area (Å²) in [6.07, 6.45) is 1.71. The van der Waals surface area contributed by atoms with Gasteiger partial charge in [0.1, 0.15) is 35.6 Å². The molecular formula is C31H39NO4. The number of aliphatic hydroxyl groups excluding tert-OH is 1. The van der Waals surface area contributed by atoms with E-state index >= 15 is 0 Å². The van der Waals surface area contributed by atoms with Crippen LogP contribution in [-0.4, -0.2) is 43.6 Å². The van der Waals surface area contributed by atoms with Crippen LogP contribution in [-0.2, 0) is 0 Å². The van der Waals surface area contributed by atoms with E-state index in [1.54, 1.807) is 7.11 Å². The van der Waals surface area contributed by atoms with Crippen molar-refractivity contribution in [3.05, 3.63) is 89.5 Å². The minimum atomic E-state index is -0.540. The van der Waals surface area contributed by atoms with E-state index in [0.717, 1.165) is 42.2 Å². The van der Waals surface area contributed by atoms with Gasteiger partial charge in [-0.1, -0.05) is 61.9 Å². The molecule has 4 rings (SSSR count). The van der Waals surface area contributed by atoms with Crippen LogP contribution in [0.1, 0.15) is 62.1 Å². The summed E-state index contributed by atoms with van der Waals surface area (Å²) in [5.41, 5.74) is 3.15. The van der Waals surface area contributed by atoms with Crippen LogP contribution in [0.5, 0.6) is 17.2 Å². The maximum absolute atomic E-state index is 10.2. The molecule has 0 aliphatic carbocycles. The fourth-order valence-electron chi connectivity index (χ4n) is 5.13. The fourth-order valence-corrected chi connectivity index (χ4v) is 5.13. The second kappa shape index (κ2) is 11.8. The predicted octanol–water partition coefficient (Wildman–Crippen LogP) is 5.91. The number of ether oxygens (including phenoxy) is 3. The Labute approximate surface area is 215 Å². The van der Waals surface area contributed by atoms with Gasteiger partial charge in [0.25, 0.3) is 0 Å². The topological polar surface area (TPSA) is 60.0 Å². The summed E-state index contributed by atoms with van der Waals surface area (Å²) in [6, 6.07) is 25.0. The van der Waals surface area contributed by atoms with Crippen LogP contribution in [0.2, 0.25) is 0 Å². The monoisotopic (exact) mass is 489 g/mol. The van der Waals surface area contributed by atoms with Crippen molar-refractivity contribution in [3.63, 3.8) is 0 Å². The third-order valence-electron chi connectivity index (χ3n) is 6.94. The first-order valence-electron chi connectivity index (χ1n) is 13.0. The summed E-state index contributed by atoms with van der Waals surface area (Å²) in [7, 11) is 1.68. The number of unbranched alkanes of at least 4 members (excludes halogenated alkanes) is 1. The molecule has 3 aromatic carbocycles. The first-order valence-corrected chi connectivity index (χ1v) is 13.0. The maximum Gasteiger partial charge on any atom is 0.127 e. The van der Waals surface area contributed by atoms with E-state index in [9.17, 15) is 5.11 Å². The van der Waals surface area contributed by atoms with E-state index < -0.39 is 11.7 Å². The summed E-state index contributed by atoms with van der Waals surface area (Å²) >= 11 is 0. The van der Waals surface area contributed by atoms with Gasteiger partial charge >= 0.3 is 0 Å². The Bertz CT molecular complexity index is 1100. The van der Waals surface area contributed by atoms with Crippen LogP contribution < -0.4 is 19.5 Å². The molecule has 0 amide bonds. The number of rotatable bonds is 11. The van der Waals surface area contributed by atoms with Gasteiger partial charge in [-0.15, -0.1) is 0 Å². The van der Waals surface area contributed by atoms with Gasteiger partial charge in [0, 0.05) is 30.0 Å². The van der Waals surface area contributed by atoms with Crippen molar-refractivity contribution in [2.24, 2.45) is 0 Å². The molecular weight excluding hydrogens is 450 g/mol. The maximum atomic E-state index is 10.2. The third-order valence-corrected chi connectivity index (χ3v) is 6.94. The fraction of sp³-hybridized carbons (Fsp3) is 0.419. The zero-order valence-electron chi connectivity index (χ0n) is 21.9. The van der Waals surface area contributed by atoms with Crippen LogP contribution >= 0.6 is 0 Å². The van der Waals surface area contributed by atoms with Gasteiger partial charge in [-0.25, -0.2) is 0 Å². The van der Waals surface area contributed by atoms with E-state index in [-0.39, 0.29) is 18.4 Å². The Balaban J connectivity index is 1.59. The lowest BCUT2D eigenvalue weighted by molar-refractivity contribution is 0.0528. The lowest BCUT2D eigenvalue weighted by Gasteiger charge is -2.45. The lowest BCUT2D eigenvalue weighted by atomic mass is 9.68. The van der Waals surface area contributed by atoms with Gasteiger partial charge < -0.3 is 24.6 Å². The molecule has 5 heteroatoms. The number of benzene rings is 3. The van der Waals surface area contributed by atoms with E-state index in [2.05, 4.69) is 68.6 Å². The number of hydrogen-bond acceptors (Lipinski definition) is 5. The standard InChI is InChI=1S/C31H39NO4/c1-5-6-18-32-20-24(33)21-35-25-14-12-22(13-15-25)29-27-17-16-26(34-4)19-28(27)36-31(2,3)30(29)23-10-8-7-9-11-23/h7-17,19,24,29-30,32-33H,5-6,18,20-21H2,1-4H3/t24-,29-,30+/m1/s1. The van der Waals surface area contributed by atoms with Crippen LogP contribution in [0.25, 0.3) is 0 Å². The van der Waals surface area contributed by atoms with Crippen molar-refractivity contribution in [1.82, 2.24) is 5.32 Å². The van der Waals surface area contributed by atoms with Crippen molar-refractivity contribution < 1.29 is 19.3 Å². The van der Waals surface area contributed by atoms with E-state index in [4.69, 9.17) is 14.2 Å². The van der Waals surface area contributed by atoms with Gasteiger partial charge in [0.2, 0.25) is 0 Å². The van der Waals surface area contributed by atoms with Crippen LogP contribution in [0.4, 0.5) is 0 Å². The van der Waals surface area contributed by atoms with Crippen molar-refractivity contribution in [2.45, 2.75) is 57.2 Å². The second-order valence-corrected chi connectivity index (χ2v) is 10.1. The Kier molecular flexibility index (Phi) is 8.55. The Hall–Kier alpha value is -3.02. The summed E-state index contributed by atoms with van der Waals surface area (Å²) in [5, 5.41) is 13.5. The zero-order valence-corrected chi connectivity index (χ0v) is 21.9. The van der Waals surface area contributed by atoms with Crippen LogP contribution in [0.3, 0.4) is 0 Å². The molecule has 1 aliphatic rings. The van der Waals surface area contributed by atoms with Crippen LogP contribution in [0.15, 0.2) is 72.8 Å². The summed E-state index contributed by atoms with van der Waals surface area (Å²) in [6.45, 7) is 8.19. The van der Waals surface area contributed by atoms with E-state index in [1.165, 1.54) is 11.1 Å². The number of hydrogen-bond donors (Lipinski definition) is 2. The predicted molar refractivity (Wildman–Crippen MR) is 144 cm³/mol. The molecule has 192 valence electrons. The molecule has 0 saturated heterocycles. The zero-order chi connectivity index (χ0) is 25.5. The first-order chi connectivity index (χ1) is 17.4. The van der Waals surface area contributed by atoms with Crippen molar-refractivity contribution >= 4 is 0 Å². The molecule has 0 fully saturated rings. The van der Waals surface area contributed by atoms with Gasteiger partial charge in [-0.05, 0) is 56.1 Å². The molecule has 3 aromatic rings. The summed E-state index contributed by atoms with van der Waals surface area (Å²) in [4.78, 5) is 0. The molecule has 0 radical (unpaired) electrons. The SMILES string of the molecule is CCCCNC[C@@H](O)COc1ccc([C@@H]2c3ccc(OC)cc3OC(C)(C)[C@H]2c2ccccc2)cc1. The first kappa shape index (κ1) is 26.1. The molecule has 2 N–H and O–H groups in total. The number of aliphatic hydroxyl groups is 1. The van der Waals surface area contributed by atoms with Gasteiger partial charge in [-0.2, -0.15) is 0 Å². The highest BCUT2D eigenvalue weighted by Gasteiger charge is 2.45. The number of fused-ring (bicyclic) bond motifs is 1.